The summed E-state index contributed by atoms with van der Waals surface area (Å²) in [5, 5.41) is 0. The van der Waals surface area contributed by atoms with Gasteiger partial charge in [0.05, 0.1) is 0 Å². The fraction of sp³-hybridized carbons (Fsp3) is 0.353. The van der Waals surface area contributed by atoms with Gasteiger partial charge in [0.25, 0.3) is 0 Å². The van der Waals surface area contributed by atoms with Crippen LogP contribution in [0.1, 0.15) is 41.6 Å². The van der Waals surface area contributed by atoms with E-state index >= 15 is 0 Å². The third-order valence-corrected chi connectivity index (χ3v) is 3.56. The van der Waals surface area contributed by atoms with Gasteiger partial charge in [-0.25, -0.2) is 8.78 Å². The summed E-state index contributed by atoms with van der Waals surface area (Å²) in [7, 11) is 0. The van der Waals surface area contributed by atoms with Crippen molar-refractivity contribution < 1.29 is 18.3 Å². The van der Waals surface area contributed by atoms with Crippen molar-refractivity contribution in [3.63, 3.8) is 0 Å². The molecule has 5 heteroatoms. The smallest absolute Gasteiger partial charge is 0.202 e. The van der Waals surface area contributed by atoms with E-state index in [1.165, 1.54) is 6.07 Å². The Morgan fingerprint density at radius 1 is 1.18 bits per heavy atom. The van der Waals surface area contributed by atoms with Crippen LogP contribution in [-0.4, -0.2) is 17.0 Å². The standard InChI is InChI=1S/C17H19F2NO2/c1-10(2)20-11(3)7-14(12(20)4)17(21)9-22-13-5-6-15(18)16(19)8-13/h5-8,10H,9H2,1-4H3. The van der Waals surface area contributed by atoms with E-state index in [1.54, 1.807) is 0 Å². The summed E-state index contributed by atoms with van der Waals surface area (Å²) in [5.41, 5.74) is 2.48. The monoisotopic (exact) mass is 307 g/mol. The van der Waals surface area contributed by atoms with Gasteiger partial charge in [0.15, 0.2) is 18.2 Å². The van der Waals surface area contributed by atoms with Crippen molar-refractivity contribution in [2.45, 2.75) is 33.7 Å². The molecule has 0 aliphatic rings. The largest absolute Gasteiger partial charge is 0.485 e. The van der Waals surface area contributed by atoms with Crippen LogP contribution in [0.25, 0.3) is 0 Å². The second-order valence-electron chi connectivity index (χ2n) is 5.54. The lowest BCUT2D eigenvalue weighted by Crippen LogP contribution is -2.13. The van der Waals surface area contributed by atoms with Crippen molar-refractivity contribution in [1.82, 2.24) is 4.57 Å². The van der Waals surface area contributed by atoms with Gasteiger partial charge < -0.3 is 9.30 Å². The number of rotatable bonds is 5. The highest BCUT2D eigenvalue weighted by Gasteiger charge is 2.17. The Hall–Kier alpha value is -2.17. The summed E-state index contributed by atoms with van der Waals surface area (Å²) in [6.07, 6.45) is 0. The summed E-state index contributed by atoms with van der Waals surface area (Å²) in [4.78, 5) is 12.3. The van der Waals surface area contributed by atoms with Crippen LogP contribution < -0.4 is 4.74 Å². The molecule has 0 unspecified atom stereocenters. The summed E-state index contributed by atoms with van der Waals surface area (Å²) in [6.45, 7) is 7.71. The van der Waals surface area contributed by atoms with Crippen molar-refractivity contribution >= 4 is 5.78 Å². The Morgan fingerprint density at radius 3 is 2.41 bits per heavy atom. The maximum absolute atomic E-state index is 13.1. The molecule has 0 saturated heterocycles. The highest BCUT2D eigenvalue weighted by atomic mass is 19.2. The van der Waals surface area contributed by atoms with Crippen LogP contribution in [0.5, 0.6) is 5.75 Å². The van der Waals surface area contributed by atoms with E-state index in [-0.39, 0.29) is 24.2 Å². The number of halogens is 2. The van der Waals surface area contributed by atoms with Crippen LogP contribution in [0, 0.1) is 25.5 Å². The van der Waals surface area contributed by atoms with Gasteiger partial charge in [-0.3, -0.25) is 4.79 Å². The van der Waals surface area contributed by atoms with Crippen molar-refractivity contribution in [3.05, 3.63) is 52.9 Å². The second-order valence-corrected chi connectivity index (χ2v) is 5.54. The van der Waals surface area contributed by atoms with Gasteiger partial charge in [-0.2, -0.15) is 0 Å². The molecular formula is C17H19F2NO2. The van der Waals surface area contributed by atoms with Gasteiger partial charge in [0.1, 0.15) is 5.75 Å². The zero-order valence-electron chi connectivity index (χ0n) is 13.1. The van der Waals surface area contributed by atoms with E-state index in [9.17, 15) is 13.6 Å². The second kappa shape index (κ2) is 6.30. The summed E-state index contributed by atoms with van der Waals surface area (Å²) in [6, 6.07) is 5.28. The molecular weight excluding hydrogens is 288 g/mol. The van der Waals surface area contributed by atoms with E-state index in [0.29, 0.717) is 5.56 Å². The molecule has 0 amide bonds. The van der Waals surface area contributed by atoms with Crippen molar-refractivity contribution in [1.29, 1.82) is 0 Å². The molecule has 0 saturated carbocycles. The lowest BCUT2D eigenvalue weighted by atomic mass is 10.1. The number of aryl methyl sites for hydroxylation is 1. The molecule has 0 spiro atoms. The molecule has 0 aliphatic carbocycles. The molecule has 0 atom stereocenters. The quantitative estimate of drug-likeness (QED) is 0.774. The number of nitrogens with zero attached hydrogens (tertiary/aromatic N) is 1. The number of ether oxygens (including phenoxy) is 1. The van der Waals surface area contributed by atoms with E-state index in [2.05, 4.69) is 4.57 Å². The number of hydrogen-bond acceptors (Lipinski definition) is 2. The third kappa shape index (κ3) is 3.18. The minimum Gasteiger partial charge on any atom is -0.485 e. The molecule has 0 fully saturated rings. The summed E-state index contributed by atoms with van der Waals surface area (Å²) >= 11 is 0. The van der Waals surface area contributed by atoms with Crippen LogP contribution in [0.3, 0.4) is 0 Å². The Labute approximate surface area is 128 Å². The number of ketones is 1. The Bertz CT molecular complexity index is 705. The average molecular weight is 307 g/mol. The maximum Gasteiger partial charge on any atom is 0.202 e. The van der Waals surface area contributed by atoms with E-state index in [4.69, 9.17) is 4.74 Å². The van der Waals surface area contributed by atoms with E-state index in [1.807, 2.05) is 33.8 Å². The Morgan fingerprint density at radius 2 is 1.86 bits per heavy atom. The lowest BCUT2D eigenvalue weighted by Gasteiger charge is -2.13. The first-order valence-electron chi connectivity index (χ1n) is 7.10. The number of aromatic nitrogens is 1. The maximum atomic E-state index is 13.1. The Balaban J connectivity index is 2.13. The number of benzene rings is 1. The minimum absolute atomic E-state index is 0.130. The number of carbonyl (C=O) groups is 1. The third-order valence-electron chi connectivity index (χ3n) is 3.56. The van der Waals surface area contributed by atoms with Gasteiger partial charge in [-0.1, -0.05) is 0 Å². The van der Waals surface area contributed by atoms with Crippen LogP contribution >= 0.6 is 0 Å². The van der Waals surface area contributed by atoms with E-state index in [0.717, 1.165) is 23.5 Å². The molecule has 1 aromatic heterocycles. The molecule has 0 N–H and O–H groups in total. The number of Topliss-reactive ketones (excluding diaryl/α,β-unsaturated/α-hetero) is 1. The number of hydrogen-bond donors (Lipinski definition) is 0. The highest BCUT2D eigenvalue weighted by Crippen LogP contribution is 2.21. The average Bonchev–Trinajstić information content (AvgIpc) is 2.75. The predicted octanol–water partition coefficient (Wildman–Crippen LogP) is 4.23. The van der Waals surface area contributed by atoms with Crippen molar-refractivity contribution in [3.8, 4) is 5.75 Å². The Kier molecular flexibility index (Phi) is 4.64. The summed E-state index contributed by atoms with van der Waals surface area (Å²) in [5.74, 6) is -2.00. The SMILES string of the molecule is Cc1cc(C(=O)COc2ccc(F)c(F)c2)c(C)n1C(C)C. The highest BCUT2D eigenvalue weighted by molar-refractivity contribution is 5.98. The van der Waals surface area contributed by atoms with Crippen LogP contribution in [-0.2, 0) is 0 Å². The van der Waals surface area contributed by atoms with Gasteiger partial charge in [0.2, 0.25) is 5.78 Å². The normalized spacial score (nSPS) is 11.0. The first kappa shape index (κ1) is 16.2. The van der Waals surface area contributed by atoms with Crippen LogP contribution in [0.15, 0.2) is 24.3 Å². The molecule has 2 aromatic rings. The zero-order valence-corrected chi connectivity index (χ0v) is 13.1. The van der Waals surface area contributed by atoms with Crippen LogP contribution in [0.4, 0.5) is 8.78 Å². The molecule has 1 aromatic carbocycles. The molecule has 22 heavy (non-hydrogen) atoms. The molecule has 118 valence electrons. The lowest BCUT2D eigenvalue weighted by molar-refractivity contribution is 0.0920. The predicted molar refractivity (Wildman–Crippen MR) is 80.5 cm³/mol. The van der Waals surface area contributed by atoms with Crippen molar-refractivity contribution in [2.75, 3.05) is 6.61 Å². The zero-order chi connectivity index (χ0) is 16.4. The number of carbonyl (C=O) groups excluding carboxylic acids is 1. The molecule has 0 aliphatic heterocycles. The molecule has 0 radical (unpaired) electrons. The summed E-state index contributed by atoms with van der Waals surface area (Å²) < 4.78 is 33.3. The molecule has 2 rings (SSSR count). The van der Waals surface area contributed by atoms with E-state index < -0.39 is 11.6 Å². The topological polar surface area (TPSA) is 31.2 Å². The fourth-order valence-corrected chi connectivity index (χ4v) is 2.65. The van der Waals surface area contributed by atoms with Gasteiger partial charge in [-0.15, -0.1) is 0 Å². The van der Waals surface area contributed by atoms with Gasteiger partial charge in [-0.05, 0) is 45.9 Å². The molecule has 3 nitrogen and oxygen atoms in total. The van der Waals surface area contributed by atoms with Crippen LogP contribution in [0.2, 0.25) is 0 Å². The van der Waals surface area contributed by atoms with Gasteiger partial charge >= 0.3 is 0 Å². The fourth-order valence-electron chi connectivity index (χ4n) is 2.65. The molecule has 1 heterocycles. The molecule has 0 bridgehead atoms. The first-order valence-corrected chi connectivity index (χ1v) is 7.10. The van der Waals surface area contributed by atoms with Crippen molar-refractivity contribution in [2.24, 2.45) is 0 Å². The first-order chi connectivity index (χ1) is 10.3. The minimum atomic E-state index is -0.997. The van der Waals surface area contributed by atoms with Gasteiger partial charge in [0, 0.05) is 29.1 Å².